The second-order valence-electron chi connectivity index (χ2n) is 5.85. The van der Waals surface area contributed by atoms with Crippen molar-refractivity contribution >= 4 is 52.2 Å². The van der Waals surface area contributed by atoms with E-state index < -0.39 is 0 Å². The van der Waals surface area contributed by atoms with Crippen LogP contribution in [0, 0.1) is 0 Å². The maximum Gasteiger partial charge on any atom is 0.233 e. The fourth-order valence-corrected chi connectivity index (χ4v) is 4.46. The van der Waals surface area contributed by atoms with E-state index in [1.54, 1.807) is 28.2 Å². The van der Waals surface area contributed by atoms with Gasteiger partial charge in [-0.1, -0.05) is 47.1 Å². The van der Waals surface area contributed by atoms with Crippen molar-refractivity contribution in [2.45, 2.75) is 36.8 Å². The van der Waals surface area contributed by atoms with Gasteiger partial charge in [-0.15, -0.1) is 16.4 Å². The minimum Gasteiger partial charge on any atom is -0.349 e. The lowest BCUT2D eigenvalue weighted by Crippen LogP contribution is -2.33. The zero-order valence-corrected chi connectivity index (χ0v) is 17.7. The van der Waals surface area contributed by atoms with Gasteiger partial charge in [-0.05, 0) is 53.4 Å². The Morgan fingerprint density at radius 2 is 2.15 bits per heavy atom. The highest BCUT2D eigenvalue weighted by Crippen LogP contribution is 2.27. The molecule has 0 saturated heterocycles. The predicted molar refractivity (Wildman–Crippen MR) is 110 cm³/mol. The zero-order valence-electron chi connectivity index (χ0n) is 14.6. The van der Waals surface area contributed by atoms with E-state index in [1.165, 1.54) is 11.8 Å². The lowest BCUT2D eigenvalue weighted by molar-refractivity contribution is -0.120. The number of carbonyl (C=O) groups is 1. The molecule has 0 radical (unpaired) electrons. The van der Waals surface area contributed by atoms with Gasteiger partial charge in [0.1, 0.15) is 0 Å². The van der Waals surface area contributed by atoms with Crippen LogP contribution in [-0.4, -0.2) is 31.4 Å². The maximum atomic E-state index is 12.6. The number of nitrogens with one attached hydrogen (secondary N) is 1. The minimum atomic E-state index is -0.369. The minimum absolute atomic E-state index is 0.121. The molecule has 3 rings (SSSR count). The topological polar surface area (TPSA) is 72.7 Å². The number of thiophene rings is 1. The van der Waals surface area contributed by atoms with Crippen LogP contribution in [0.5, 0.6) is 0 Å². The van der Waals surface area contributed by atoms with Gasteiger partial charge in [-0.2, -0.15) is 0 Å². The third-order valence-corrected chi connectivity index (χ3v) is 6.32. The zero-order chi connectivity index (χ0) is 19.4. The van der Waals surface area contributed by atoms with E-state index in [4.69, 9.17) is 23.2 Å². The van der Waals surface area contributed by atoms with Crippen LogP contribution in [0.2, 0.25) is 10.0 Å². The van der Waals surface area contributed by atoms with Gasteiger partial charge in [0, 0.05) is 14.9 Å². The van der Waals surface area contributed by atoms with Crippen LogP contribution >= 0.6 is 46.3 Å². The highest BCUT2D eigenvalue weighted by Gasteiger charge is 2.21. The van der Waals surface area contributed by atoms with E-state index in [2.05, 4.69) is 20.8 Å². The highest BCUT2D eigenvalue weighted by atomic mass is 35.5. The summed E-state index contributed by atoms with van der Waals surface area (Å²) in [5, 5.41) is 18.1. The van der Waals surface area contributed by atoms with E-state index in [1.807, 2.05) is 37.4 Å². The van der Waals surface area contributed by atoms with Crippen LogP contribution in [0.3, 0.4) is 0 Å². The van der Waals surface area contributed by atoms with Gasteiger partial charge in [0.15, 0.2) is 0 Å². The molecule has 0 spiro atoms. The Balaban J connectivity index is 1.62. The third kappa shape index (κ3) is 5.22. The van der Waals surface area contributed by atoms with Gasteiger partial charge in [0.2, 0.25) is 11.1 Å². The average molecular weight is 442 g/mol. The molecule has 2 heterocycles. The van der Waals surface area contributed by atoms with E-state index in [9.17, 15) is 4.79 Å². The first kappa shape index (κ1) is 20.1. The van der Waals surface area contributed by atoms with Gasteiger partial charge in [-0.3, -0.25) is 4.79 Å². The summed E-state index contributed by atoms with van der Waals surface area (Å²) >= 11 is 15.1. The van der Waals surface area contributed by atoms with E-state index in [0.29, 0.717) is 21.7 Å². The van der Waals surface area contributed by atoms with Crippen LogP contribution < -0.4 is 5.32 Å². The van der Waals surface area contributed by atoms with E-state index >= 15 is 0 Å². The average Bonchev–Trinajstić information content (AvgIpc) is 3.27. The van der Waals surface area contributed by atoms with E-state index in [-0.39, 0.29) is 17.2 Å². The second-order valence-corrected chi connectivity index (χ2v) is 9.04. The van der Waals surface area contributed by atoms with Crippen molar-refractivity contribution in [3.05, 3.63) is 56.2 Å². The molecule has 1 N–H and O–H groups in total. The molecule has 0 fully saturated rings. The molecule has 0 aliphatic rings. The molecule has 2 atom stereocenters. The fourth-order valence-electron chi connectivity index (χ4n) is 2.40. The number of rotatable bonds is 7. The number of carbonyl (C=O) groups excluding carboxylic acids is 1. The standard InChI is InChI=1S/C17H17Cl2N5OS2/c1-10(14-6-5-12(18)8-15(14)19)20-16(25)11(2)27-17-21-22-23-24(17)9-13-4-3-7-26-13/h3-8,10-11H,9H2,1-2H3,(H,20,25)/t10-,11+/m0/s1. The van der Waals surface area contributed by atoms with E-state index in [0.717, 1.165) is 10.4 Å². The lowest BCUT2D eigenvalue weighted by Gasteiger charge is -2.18. The Kier molecular flexibility index (Phi) is 6.75. The second kappa shape index (κ2) is 9.05. The van der Waals surface area contributed by atoms with Crippen molar-refractivity contribution in [1.82, 2.24) is 25.5 Å². The monoisotopic (exact) mass is 441 g/mol. The molecular weight excluding hydrogens is 425 g/mol. The quantitative estimate of drug-likeness (QED) is 0.548. The summed E-state index contributed by atoms with van der Waals surface area (Å²) < 4.78 is 1.69. The Labute approximate surface area is 175 Å². The van der Waals surface area contributed by atoms with Crippen molar-refractivity contribution < 1.29 is 4.79 Å². The van der Waals surface area contributed by atoms with Gasteiger partial charge in [-0.25, -0.2) is 4.68 Å². The number of thioether (sulfide) groups is 1. The molecule has 0 unspecified atom stereocenters. The van der Waals surface area contributed by atoms with Crippen LogP contribution in [0.15, 0.2) is 40.9 Å². The number of aromatic nitrogens is 4. The fraction of sp³-hybridized carbons (Fsp3) is 0.294. The predicted octanol–water partition coefficient (Wildman–Crippen LogP) is 4.45. The first-order chi connectivity index (χ1) is 12.9. The maximum absolute atomic E-state index is 12.6. The summed E-state index contributed by atoms with van der Waals surface area (Å²) in [6.45, 7) is 4.28. The molecule has 27 heavy (non-hydrogen) atoms. The largest absolute Gasteiger partial charge is 0.349 e. The Bertz CT molecular complexity index is 916. The molecular formula is C17H17Cl2N5OS2. The van der Waals surface area contributed by atoms with Crippen molar-refractivity contribution in [3.8, 4) is 0 Å². The summed E-state index contributed by atoms with van der Waals surface area (Å²) in [4.78, 5) is 13.7. The first-order valence-electron chi connectivity index (χ1n) is 8.14. The molecule has 2 aromatic heterocycles. The smallest absolute Gasteiger partial charge is 0.233 e. The Morgan fingerprint density at radius 1 is 1.33 bits per heavy atom. The Hall–Kier alpha value is -1.61. The van der Waals surface area contributed by atoms with Crippen LogP contribution in [0.25, 0.3) is 0 Å². The highest BCUT2D eigenvalue weighted by molar-refractivity contribution is 8.00. The SMILES string of the molecule is C[C@H](NC(=O)[C@@H](C)Sc1nnnn1Cc1cccs1)c1ccc(Cl)cc1Cl. The molecule has 0 saturated carbocycles. The van der Waals surface area contributed by atoms with Crippen LogP contribution in [-0.2, 0) is 11.3 Å². The first-order valence-corrected chi connectivity index (χ1v) is 10.7. The molecule has 0 bridgehead atoms. The summed E-state index contributed by atoms with van der Waals surface area (Å²) in [6.07, 6.45) is 0. The van der Waals surface area contributed by atoms with Crippen molar-refractivity contribution in [3.63, 3.8) is 0 Å². The van der Waals surface area contributed by atoms with Crippen LogP contribution in [0.1, 0.15) is 30.3 Å². The number of halogens is 2. The molecule has 1 amide bonds. The summed E-state index contributed by atoms with van der Waals surface area (Å²) in [5.41, 5.74) is 0.814. The molecule has 0 aliphatic heterocycles. The van der Waals surface area contributed by atoms with Crippen molar-refractivity contribution in [2.75, 3.05) is 0 Å². The molecule has 142 valence electrons. The summed E-state index contributed by atoms with van der Waals surface area (Å²) in [5.74, 6) is -0.121. The van der Waals surface area contributed by atoms with Crippen LogP contribution in [0.4, 0.5) is 0 Å². The normalized spacial score (nSPS) is 13.3. The Morgan fingerprint density at radius 3 is 2.85 bits per heavy atom. The molecule has 6 nitrogen and oxygen atoms in total. The summed E-state index contributed by atoms with van der Waals surface area (Å²) in [6, 6.07) is 8.99. The van der Waals surface area contributed by atoms with Gasteiger partial charge in [0.05, 0.1) is 17.8 Å². The molecule has 0 aliphatic carbocycles. The summed E-state index contributed by atoms with van der Waals surface area (Å²) in [7, 11) is 0. The molecule has 3 aromatic rings. The number of nitrogens with zero attached hydrogens (tertiary/aromatic N) is 4. The number of tetrazole rings is 1. The van der Waals surface area contributed by atoms with Crippen molar-refractivity contribution in [1.29, 1.82) is 0 Å². The number of hydrogen-bond donors (Lipinski definition) is 1. The lowest BCUT2D eigenvalue weighted by atomic mass is 10.1. The molecule has 10 heteroatoms. The molecule has 1 aromatic carbocycles. The van der Waals surface area contributed by atoms with Crippen molar-refractivity contribution in [2.24, 2.45) is 0 Å². The van der Waals surface area contributed by atoms with Gasteiger partial charge in [0.25, 0.3) is 0 Å². The van der Waals surface area contributed by atoms with Gasteiger partial charge < -0.3 is 5.32 Å². The number of amides is 1. The number of hydrogen-bond acceptors (Lipinski definition) is 6. The third-order valence-electron chi connectivity index (χ3n) is 3.82. The number of benzene rings is 1. The van der Waals surface area contributed by atoms with Gasteiger partial charge >= 0.3 is 0 Å².